The van der Waals surface area contributed by atoms with Crippen molar-refractivity contribution in [2.75, 3.05) is 37.7 Å². The van der Waals surface area contributed by atoms with E-state index in [2.05, 4.69) is 22.0 Å². The molecule has 3 heterocycles. The van der Waals surface area contributed by atoms with Crippen LogP contribution in [0.5, 0.6) is 0 Å². The summed E-state index contributed by atoms with van der Waals surface area (Å²) in [6.07, 6.45) is 5.61. The molecule has 0 aromatic carbocycles. The van der Waals surface area contributed by atoms with Crippen molar-refractivity contribution in [3.63, 3.8) is 0 Å². The lowest BCUT2D eigenvalue weighted by Crippen LogP contribution is -2.45. The van der Waals surface area contributed by atoms with Gasteiger partial charge >= 0.3 is 0 Å². The third kappa shape index (κ3) is 3.80. The Bertz CT molecular complexity index is 511. The van der Waals surface area contributed by atoms with Crippen LogP contribution in [0, 0.1) is 5.92 Å². The summed E-state index contributed by atoms with van der Waals surface area (Å²) in [4.78, 5) is 17.2. The van der Waals surface area contributed by atoms with Crippen LogP contribution < -0.4 is 4.90 Å². The highest BCUT2D eigenvalue weighted by atomic mass is 16.5. The fourth-order valence-electron chi connectivity index (χ4n) is 3.59. The van der Waals surface area contributed by atoms with Crippen LogP contribution in [0.15, 0.2) is 18.3 Å². The van der Waals surface area contributed by atoms with Crippen LogP contribution in [0.3, 0.4) is 0 Å². The van der Waals surface area contributed by atoms with Gasteiger partial charge in [-0.05, 0) is 37.8 Å². The van der Waals surface area contributed by atoms with Gasteiger partial charge < -0.3 is 14.5 Å². The number of anilines is 1. The summed E-state index contributed by atoms with van der Waals surface area (Å²) in [6, 6.07) is 3.88. The minimum Gasteiger partial charge on any atom is -0.377 e. The van der Waals surface area contributed by atoms with E-state index in [4.69, 9.17) is 4.74 Å². The highest BCUT2D eigenvalue weighted by molar-refractivity contribution is 5.79. The molecule has 6 nitrogen and oxygen atoms in total. The first-order valence-electron chi connectivity index (χ1n) is 8.72. The molecular formula is C17H26N4O2. The van der Waals surface area contributed by atoms with Crippen molar-refractivity contribution in [1.29, 1.82) is 0 Å². The van der Waals surface area contributed by atoms with Gasteiger partial charge in [0.1, 0.15) is 0 Å². The Morgan fingerprint density at radius 1 is 1.30 bits per heavy atom. The Kier molecular flexibility index (Phi) is 5.43. The topological polar surface area (TPSA) is 58.6 Å². The van der Waals surface area contributed by atoms with E-state index in [0.717, 1.165) is 64.3 Å². The van der Waals surface area contributed by atoms with Gasteiger partial charge in [-0.1, -0.05) is 6.92 Å². The zero-order valence-electron chi connectivity index (χ0n) is 13.9. The summed E-state index contributed by atoms with van der Waals surface area (Å²) < 4.78 is 5.80. The van der Waals surface area contributed by atoms with E-state index in [9.17, 15) is 4.79 Å². The summed E-state index contributed by atoms with van der Waals surface area (Å²) in [6.45, 7) is 6.21. The number of hydrogen-bond acceptors (Lipinski definition) is 5. The molecule has 0 radical (unpaired) electrons. The second-order valence-corrected chi connectivity index (χ2v) is 6.31. The second-order valence-electron chi connectivity index (χ2n) is 6.31. The molecule has 0 N–H and O–H groups in total. The van der Waals surface area contributed by atoms with Crippen molar-refractivity contribution < 1.29 is 9.53 Å². The number of nitrogens with zero attached hydrogens (tertiary/aromatic N) is 4. The van der Waals surface area contributed by atoms with Crippen molar-refractivity contribution in [1.82, 2.24) is 15.1 Å². The van der Waals surface area contributed by atoms with Gasteiger partial charge in [-0.3, -0.25) is 4.79 Å². The maximum absolute atomic E-state index is 12.9. The van der Waals surface area contributed by atoms with Crippen LogP contribution in [0.4, 0.5) is 5.82 Å². The predicted molar refractivity (Wildman–Crippen MR) is 88.2 cm³/mol. The third-order valence-electron chi connectivity index (χ3n) is 4.85. The first kappa shape index (κ1) is 16.2. The molecule has 2 atom stereocenters. The Morgan fingerprint density at radius 2 is 2.22 bits per heavy atom. The number of hydrogen-bond donors (Lipinski definition) is 0. The van der Waals surface area contributed by atoms with Gasteiger partial charge in [-0.25, -0.2) is 0 Å². The van der Waals surface area contributed by atoms with Gasteiger partial charge in [0.25, 0.3) is 0 Å². The minimum absolute atomic E-state index is 0.0387. The maximum Gasteiger partial charge on any atom is 0.228 e. The molecule has 2 saturated heterocycles. The quantitative estimate of drug-likeness (QED) is 0.849. The molecule has 1 amide bonds. The van der Waals surface area contributed by atoms with E-state index >= 15 is 0 Å². The largest absolute Gasteiger partial charge is 0.377 e. The molecule has 1 aromatic heterocycles. The number of amides is 1. The molecule has 126 valence electrons. The number of carbonyl (C=O) groups excluding carboxylic acids is 1. The van der Waals surface area contributed by atoms with Crippen LogP contribution in [0.2, 0.25) is 0 Å². The van der Waals surface area contributed by atoms with E-state index < -0.39 is 0 Å². The fraction of sp³-hybridized carbons (Fsp3) is 0.706. The van der Waals surface area contributed by atoms with Gasteiger partial charge in [-0.15, -0.1) is 5.10 Å². The zero-order chi connectivity index (χ0) is 16.1. The van der Waals surface area contributed by atoms with Crippen molar-refractivity contribution >= 4 is 11.7 Å². The first-order valence-corrected chi connectivity index (χ1v) is 8.72. The molecule has 1 aromatic rings. The van der Waals surface area contributed by atoms with E-state index in [0.29, 0.717) is 0 Å². The van der Waals surface area contributed by atoms with E-state index in [1.807, 2.05) is 17.0 Å². The van der Waals surface area contributed by atoms with Gasteiger partial charge in [0.05, 0.1) is 12.0 Å². The van der Waals surface area contributed by atoms with Gasteiger partial charge in [0.15, 0.2) is 5.82 Å². The van der Waals surface area contributed by atoms with Crippen LogP contribution in [0.25, 0.3) is 0 Å². The lowest BCUT2D eigenvalue weighted by Gasteiger charge is -2.34. The van der Waals surface area contributed by atoms with Crippen LogP contribution in [-0.4, -0.2) is 59.9 Å². The zero-order valence-corrected chi connectivity index (χ0v) is 13.9. The molecule has 2 aliphatic heterocycles. The molecule has 0 saturated carbocycles. The van der Waals surface area contributed by atoms with Gasteiger partial charge in [0.2, 0.25) is 5.91 Å². The third-order valence-corrected chi connectivity index (χ3v) is 4.85. The summed E-state index contributed by atoms with van der Waals surface area (Å²) in [5.74, 6) is 1.21. The second kappa shape index (κ2) is 7.73. The van der Waals surface area contributed by atoms with Crippen LogP contribution in [-0.2, 0) is 9.53 Å². The highest BCUT2D eigenvalue weighted by Crippen LogP contribution is 2.26. The lowest BCUT2D eigenvalue weighted by molar-refractivity contribution is -0.145. The number of aromatic nitrogens is 2. The number of rotatable bonds is 3. The monoisotopic (exact) mass is 318 g/mol. The molecule has 2 aliphatic rings. The average molecular weight is 318 g/mol. The minimum atomic E-state index is 0.0387. The standard InChI is InChI=1S/C17H26N4O2/c1-2-15-14(6-4-13-23-15)17(22)21-10-5-9-20(11-12-21)16-7-3-8-18-19-16/h3,7-8,14-15H,2,4-6,9-13H2,1H3/t14-,15-/m1/s1. The summed E-state index contributed by atoms with van der Waals surface area (Å²) in [5, 5.41) is 8.13. The molecule has 3 rings (SSSR count). The number of carbonyl (C=O) groups is 1. The summed E-state index contributed by atoms with van der Waals surface area (Å²) in [7, 11) is 0. The average Bonchev–Trinajstić information content (AvgIpc) is 2.88. The predicted octanol–water partition coefficient (Wildman–Crippen LogP) is 1.72. The smallest absolute Gasteiger partial charge is 0.228 e. The first-order chi connectivity index (χ1) is 11.3. The van der Waals surface area contributed by atoms with Gasteiger partial charge in [0, 0.05) is 39.0 Å². The van der Waals surface area contributed by atoms with E-state index in [1.54, 1.807) is 6.20 Å². The van der Waals surface area contributed by atoms with Crippen LogP contribution in [0.1, 0.15) is 32.6 Å². The highest BCUT2D eigenvalue weighted by Gasteiger charge is 2.34. The Labute approximate surface area is 137 Å². The summed E-state index contributed by atoms with van der Waals surface area (Å²) in [5.41, 5.74) is 0. The molecule has 0 bridgehead atoms. The van der Waals surface area contributed by atoms with Crippen LogP contribution >= 0.6 is 0 Å². The molecule has 0 spiro atoms. The molecule has 0 unspecified atom stereocenters. The molecule has 6 heteroatoms. The number of ether oxygens (including phenoxy) is 1. The molecule has 2 fully saturated rings. The Balaban J connectivity index is 1.62. The maximum atomic E-state index is 12.9. The summed E-state index contributed by atoms with van der Waals surface area (Å²) >= 11 is 0. The molecule has 23 heavy (non-hydrogen) atoms. The van der Waals surface area contributed by atoms with E-state index in [1.165, 1.54) is 0 Å². The van der Waals surface area contributed by atoms with Crippen molar-refractivity contribution in [2.24, 2.45) is 5.92 Å². The Morgan fingerprint density at radius 3 is 3.00 bits per heavy atom. The normalized spacial score (nSPS) is 26.0. The lowest BCUT2D eigenvalue weighted by atomic mass is 9.91. The van der Waals surface area contributed by atoms with Crippen molar-refractivity contribution in [3.05, 3.63) is 18.3 Å². The van der Waals surface area contributed by atoms with Crippen molar-refractivity contribution in [2.45, 2.75) is 38.7 Å². The van der Waals surface area contributed by atoms with E-state index in [-0.39, 0.29) is 17.9 Å². The fourth-order valence-corrected chi connectivity index (χ4v) is 3.59. The molecular weight excluding hydrogens is 292 g/mol. The molecule has 0 aliphatic carbocycles. The SMILES string of the molecule is CC[C@H]1OCCC[C@H]1C(=O)N1CCCN(c2cccnn2)CC1. The Hall–Kier alpha value is -1.69. The van der Waals surface area contributed by atoms with Gasteiger partial charge in [-0.2, -0.15) is 5.10 Å². The van der Waals surface area contributed by atoms with Crippen molar-refractivity contribution in [3.8, 4) is 0 Å².